The van der Waals surface area contributed by atoms with E-state index in [1.165, 1.54) is 0 Å². The van der Waals surface area contributed by atoms with Crippen molar-refractivity contribution in [1.29, 1.82) is 0 Å². The Morgan fingerprint density at radius 2 is 1.89 bits per heavy atom. The van der Waals surface area contributed by atoms with E-state index in [9.17, 15) is 9.18 Å². The second-order valence-corrected chi connectivity index (χ2v) is 5.55. The van der Waals surface area contributed by atoms with Gasteiger partial charge in [0.1, 0.15) is 0 Å². The molecule has 0 saturated carbocycles. The highest BCUT2D eigenvalue weighted by Gasteiger charge is 2.24. The molecule has 3 N–H and O–H groups in total. The molecule has 0 aromatic heterocycles. The first-order valence-corrected chi connectivity index (χ1v) is 6.04. The Hall–Kier alpha value is -1.58. The Morgan fingerprint density at radius 3 is 2.33 bits per heavy atom. The number of rotatable bonds is 4. The maximum atomic E-state index is 12.9. The van der Waals surface area contributed by atoms with Crippen LogP contribution in [0.15, 0.2) is 24.3 Å². The molecule has 1 amide bonds. The van der Waals surface area contributed by atoms with E-state index in [-0.39, 0.29) is 17.2 Å². The Bertz CT molecular complexity index is 395. The van der Waals surface area contributed by atoms with E-state index in [0.717, 1.165) is 0 Å². The first-order valence-electron chi connectivity index (χ1n) is 6.04. The van der Waals surface area contributed by atoms with Gasteiger partial charge in [-0.15, -0.1) is 0 Å². The van der Waals surface area contributed by atoms with Crippen LogP contribution < -0.4 is 11.1 Å². The Kier molecular flexibility index (Phi) is 4.70. The first-order chi connectivity index (χ1) is 8.34. The lowest BCUT2D eigenvalue weighted by Crippen LogP contribution is -2.36. The minimum atomic E-state index is -0.439. The van der Waals surface area contributed by atoms with Crippen molar-refractivity contribution >= 4 is 11.6 Å². The van der Waals surface area contributed by atoms with Crippen molar-refractivity contribution < 1.29 is 9.18 Å². The van der Waals surface area contributed by atoms with Gasteiger partial charge in [0.2, 0.25) is 0 Å². The molecule has 100 valence electrons. The molecule has 3 nitrogen and oxygen atoms in total. The molecule has 1 aromatic carbocycles. The lowest BCUT2D eigenvalue weighted by atomic mass is 9.81. The number of alkyl halides is 1. The fourth-order valence-electron chi connectivity index (χ4n) is 1.54. The van der Waals surface area contributed by atoms with Gasteiger partial charge in [0.05, 0.1) is 6.67 Å². The van der Waals surface area contributed by atoms with Crippen molar-refractivity contribution in [2.24, 2.45) is 11.3 Å². The van der Waals surface area contributed by atoms with E-state index >= 15 is 0 Å². The predicted molar refractivity (Wildman–Crippen MR) is 72.1 cm³/mol. The van der Waals surface area contributed by atoms with Crippen molar-refractivity contribution in [3.05, 3.63) is 29.8 Å². The summed E-state index contributed by atoms with van der Waals surface area (Å²) in [6.07, 6.45) is 0. The van der Waals surface area contributed by atoms with E-state index in [1.54, 1.807) is 24.3 Å². The number of halogens is 1. The minimum Gasteiger partial charge on any atom is -0.399 e. The van der Waals surface area contributed by atoms with Crippen LogP contribution >= 0.6 is 0 Å². The lowest BCUT2D eigenvalue weighted by molar-refractivity contribution is 0.0925. The summed E-state index contributed by atoms with van der Waals surface area (Å²) in [6.45, 7) is 5.79. The molecule has 0 aliphatic carbocycles. The second kappa shape index (κ2) is 5.85. The van der Waals surface area contributed by atoms with Gasteiger partial charge in [-0.05, 0) is 29.7 Å². The SMILES string of the molecule is CC(C)(C)C(CF)CNC(=O)c1ccc(N)cc1. The molecule has 0 saturated heterocycles. The van der Waals surface area contributed by atoms with Crippen molar-refractivity contribution in [2.45, 2.75) is 20.8 Å². The number of anilines is 1. The van der Waals surface area contributed by atoms with Gasteiger partial charge in [0, 0.05) is 23.7 Å². The van der Waals surface area contributed by atoms with Crippen molar-refractivity contribution in [2.75, 3.05) is 19.0 Å². The smallest absolute Gasteiger partial charge is 0.251 e. The minimum absolute atomic E-state index is 0.164. The molecule has 0 fully saturated rings. The molecule has 0 heterocycles. The van der Waals surface area contributed by atoms with Gasteiger partial charge in [-0.2, -0.15) is 0 Å². The quantitative estimate of drug-likeness (QED) is 0.809. The Morgan fingerprint density at radius 1 is 1.33 bits per heavy atom. The highest BCUT2D eigenvalue weighted by molar-refractivity contribution is 5.94. The average molecular weight is 252 g/mol. The molecule has 0 spiro atoms. The number of hydrogen-bond donors (Lipinski definition) is 2. The van der Waals surface area contributed by atoms with Gasteiger partial charge >= 0.3 is 0 Å². The van der Waals surface area contributed by atoms with Crippen LogP contribution in [0.3, 0.4) is 0 Å². The summed E-state index contributed by atoms with van der Waals surface area (Å²) in [4.78, 5) is 11.8. The van der Waals surface area contributed by atoms with Gasteiger partial charge in [0.25, 0.3) is 5.91 Å². The lowest BCUT2D eigenvalue weighted by Gasteiger charge is -2.28. The standard InChI is InChI=1S/C14H21FN2O/c1-14(2,3)11(8-15)9-17-13(18)10-4-6-12(16)7-5-10/h4-7,11H,8-9,16H2,1-3H3,(H,17,18). The van der Waals surface area contributed by atoms with Gasteiger partial charge in [-0.1, -0.05) is 20.8 Å². The highest BCUT2D eigenvalue weighted by atomic mass is 19.1. The van der Waals surface area contributed by atoms with Crippen LogP contribution in [0.4, 0.5) is 10.1 Å². The molecule has 1 unspecified atom stereocenters. The number of amides is 1. The summed E-state index contributed by atoms with van der Waals surface area (Å²) < 4.78 is 12.9. The zero-order valence-corrected chi connectivity index (χ0v) is 11.2. The largest absolute Gasteiger partial charge is 0.399 e. The van der Waals surface area contributed by atoms with Gasteiger partial charge < -0.3 is 11.1 Å². The molecule has 18 heavy (non-hydrogen) atoms. The third kappa shape index (κ3) is 4.02. The van der Waals surface area contributed by atoms with Crippen LogP contribution in [0.25, 0.3) is 0 Å². The first kappa shape index (κ1) is 14.5. The summed E-state index contributed by atoms with van der Waals surface area (Å²) in [7, 11) is 0. The summed E-state index contributed by atoms with van der Waals surface area (Å²) in [5.74, 6) is -0.382. The van der Waals surface area contributed by atoms with Crippen molar-refractivity contribution in [3.63, 3.8) is 0 Å². The molecule has 1 rings (SSSR count). The normalized spacial score (nSPS) is 13.1. The van der Waals surface area contributed by atoms with E-state index in [1.807, 2.05) is 20.8 Å². The Balaban J connectivity index is 2.58. The van der Waals surface area contributed by atoms with Crippen molar-refractivity contribution in [3.8, 4) is 0 Å². The number of carbonyl (C=O) groups is 1. The third-order valence-corrected chi connectivity index (χ3v) is 3.09. The van der Waals surface area contributed by atoms with E-state index in [0.29, 0.717) is 17.8 Å². The zero-order chi connectivity index (χ0) is 13.8. The van der Waals surface area contributed by atoms with Crippen LogP contribution in [0, 0.1) is 11.3 Å². The number of hydrogen-bond acceptors (Lipinski definition) is 2. The zero-order valence-electron chi connectivity index (χ0n) is 11.2. The molecule has 1 aromatic rings. The van der Waals surface area contributed by atoms with E-state index in [2.05, 4.69) is 5.32 Å². The predicted octanol–water partition coefficient (Wildman–Crippen LogP) is 2.63. The van der Waals surface area contributed by atoms with Crippen LogP contribution in [0.5, 0.6) is 0 Å². The van der Waals surface area contributed by atoms with E-state index in [4.69, 9.17) is 5.73 Å². The van der Waals surface area contributed by atoms with Crippen LogP contribution in [-0.4, -0.2) is 19.1 Å². The maximum absolute atomic E-state index is 12.9. The highest BCUT2D eigenvalue weighted by Crippen LogP contribution is 2.25. The molecular weight excluding hydrogens is 231 g/mol. The average Bonchev–Trinajstić information content (AvgIpc) is 2.28. The van der Waals surface area contributed by atoms with Gasteiger partial charge in [-0.3, -0.25) is 9.18 Å². The number of nitrogen functional groups attached to an aromatic ring is 1. The van der Waals surface area contributed by atoms with Crippen LogP contribution in [0.1, 0.15) is 31.1 Å². The van der Waals surface area contributed by atoms with Crippen molar-refractivity contribution in [1.82, 2.24) is 5.32 Å². The fourth-order valence-corrected chi connectivity index (χ4v) is 1.54. The number of carbonyl (C=O) groups excluding carboxylic acids is 1. The fraction of sp³-hybridized carbons (Fsp3) is 0.500. The molecule has 0 bridgehead atoms. The second-order valence-electron chi connectivity index (χ2n) is 5.55. The molecule has 0 radical (unpaired) electrons. The molecule has 0 aliphatic rings. The van der Waals surface area contributed by atoms with Crippen LogP contribution in [0.2, 0.25) is 0 Å². The summed E-state index contributed by atoms with van der Waals surface area (Å²) in [6, 6.07) is 6.66. The summed E-state index contributed by atoms with van der Waals surface area (Å²) in [5.41, 5.74) is 6.53. The number of benzene rings is 1. The molecule has 4 heteroatoms. The number of nitrogens with two attached hydrogens (primary N) is 1. The molecule has 0 aliphatic heterocycles. The number of nitrogens with one attached hydrogen (secondary N) is 1. The van der Waals surface area contributed by atoms with Gasteiger partial charge in [-0.25, -0.2) is 0 Å². The van der Waals surface area contributed by atoms with E-state index < -0.39 is 6.67 Å². The monoisotopic (exact) mass is 252 g/mol. The van der Waals surface area contributed by atoms with Gasteiger partial charge in [0.15, 0.2) is 0 Å². The molecular formula is C14H21FN2O. The summed E-state index contributed by atoms with van der Waals surface area (Å²) in [5, 5.41) is 2.76. The van der Waals surface area contributed by atoms with Crippen LogP contribution in [-0.2, 0) is 0 Å². The topological polar surface area (TPSA) is 55.1 Å². The third-order valence-electron chi connectivity index (χ3n) is 3.09. The summed E-state index contributed by atoms with van der Waals surface area (Å²) >= 11 is 0. The maximum Gasteiger partial charge on any atom is 0.251 e. The Labute approximate surface area is 108 Å². The molecule has 1 atom stereocenters.